The zero-order valence-corrected chi connectivity index (χ0v) is 25.5. The molecule has 0 unspecified atom stereocenters. The van der Waals surface area contributed by atoms with E-state index >= 15 is 0 Å². The highest BCUT2D eigenvalue weighted by Gasteiger charge is 2.35. The molecule has 0 bridgehead atoms. The Morgan fingerprint density at radius 1 is 1.14 bits per heavy atom. The van der Waals surface area contributed by atoms with Gasteiger partial charge < -0.3 is 19.3 Å². The molecule has 11 nitrogen and oxygen atoms in total. The predicted octanol–water partition coefficient (Wildman–Crippen LogP) is 4.33. The number of halogens is 1. The van der Waals surface area contributed by atoms with Gasteiger partial charge in [-0.05, 0) is 36.8 Å². The minimum Gasteiger partial charge on any atom is -0.502 e. The number of hydrogen-bond acceptors (Lipinski definition) is 10. The molecule has 43 heavy (non-hydrogen) atoms. The molecule has 1 aliphatic rings. The second-order valence-corrected chi connectivity index (χ2v) is 11.1. The number of benzene rings is 3. The normalized spacial score (nSPS) is 14.6. The van der Waals surface area contributed by atoms with E-state index in [0.29, 0.717) is 32.8 Å². The van der Waals surface area contributed by atoms with Gasteiger partial charge in [0.2, 0.25) is 5.75 Å². The molecule has 0 fully saturated rings. The Balaban J connectivity index is 1.86. The molecule has 0 aliphatic carbocycles. The van der Waals surface area contributed by atoms with E-state index < -0.39 is 33.9 Å². The van der Waals surface area contributed by atoms with Crippen molar-refractivity contribution in [3.63, 3.8) is 0 Å². The molecule has 1 atom stereocenters. The van der Waals surface area contributed by atoms with Crippen LogP contribution in [0.15, 0.2) is 80.5 Å². The van der Waals surface area contributed by atoms with Crippen LogP contribution in [0.1, 0.15) is 29.7 Å². The Hall–Kier alpha value is -4.75. The third-order valence-electron chi connectivity index (χ3n) is 6.66. The summed E-state index contributed by atoms with van der Waals surface area (Å²) in [6, 6.07) is 15.8. The molecule has 1 aromatic heterocycles. The van der Waals surface area contributed by atoms with Crippen molar-refractivity contribution in [2.75, 3.05) is 20.8 Å². The van der Waals surface area contributed by atoms with Crippen LogP contribution < -0.4 is 24.4 Å². The molecule has 1 aliphatic heterocycles. The van der Waals surface area contributed by atoms with Crippen molar-refractivity contribution in [1.29, 1.82) is 0 Å². The first kappa shape index (κ1) is 29.7. The lowest BCUT2D eigenvalue weighted by Gasteiger charge is -2.26. The zero-order valence-electron chi connectivity index (χ0n) is 23.1. The van der Waals surface area contributed by atoms with Crippen LogP contribution in [-0.2, 0) is 9.53 Å². The maximum absolute atomic E-state index is 14.1. The highest BCUT2D eigenvalue weighted by molar-refractivity contribution is 9.10. The van der Waals surface area contributed by atoms with Crippen molar-refractivity contribution in [3.05, 3.63) is 117 Å². The summed E-state index contributed by atoms with van der Waals surface area (Å²) in [6.45, 7) is 1.78. The van der Waals surface area contributed by atoms with Gasteiger partial charge in [-0.2, -0.15) is 0 Å². The topological polar surface area (TPSA) is 142 Å². The van der Waals surface area contributed by atoms with E-state index in [4.69, 9.17) is 19.2 Å². The van der Waals surface area contributed by atoms with E-state index in [9.17, 15) is 24.8 Å². The molecule has 5 rings (SSSR count). The van der Waals surface area contributed by atoms with Gasteiger partial charge in [0, 0.05) is 21.7 Å². The first-order valence-corrected chi connectivity index (χ1v) is 14.5. The summed E-state index contributed by atoms with van der Waals surface area (Å²) in [5.74, 6) is -0.405. The Kier molecular flexibility index (Phi) is 8.46. The minimum absolute atomic E-state index is 0.0573. The number of rotatable bonds is 8. The number of aromatic hydroxyl groups is 1. The van der Waals surface area contributed by atoms with Crippen LogP contribution in [0.25, 0.3) is 11.8 Å². The Morgan fingerprint density at radius 2 is 1.86 bits per heavy atom. The number of fused-ring (bicyclic) bond motifs is 1. The van der Waals surface area contributed by atoms with Crippen molar-refractivity contribution in [2.24, 2.45) is 4.99 Å². The summed E-state index contributed by atoms with van der Waals surface area (Å²) in [5, 5.41) is 22.1. The lowest BCUT2D eigenvalue weighted by Crippen LogP contribution is -2.40. The lowest BCUT2D eigenvalue weighted by atomic mass is 9.93. The van der Waals surface area contributed by atoms with Crippen LogP contribution in [-0.4, -0.2) is 41.4 Å². The molecule has 1 N–H and O–H groups in total. The average Bonchev–Trinajstić information content (AvgIpc) is 3.32. The fraction of sp³-hybridized carbons (Fsp3) is 0.167. The number of thiazole rings is 1. The smallest absolute Gasteiger partial charge is 0.338 e. The van der Waals surface area contributed by atoms with Gasteiger partial charge >= 0.3 is 11.7 Å². The molecule has 0 radical (unpaired) electrons. The molecular weight excluding hydrogens is 642 g/mol. The Morgan fingerprint density at radius 3 is 2.51 bits per heavy atom. The van der Waals surface area contributed by atoms with Gasteiger partial charge in [0.15, 0.2) is 16.3 Å². The summed E-state index contributed by atoms with van der Waals surface area (Å²) in [7, 11) is 2.98. The number of methoxy groups -OCH3 is 2. The number of carbonyl (C=O) groups is 1. The van der Waals surface area contributed by atoms with E-state index in [1.165, 1.54) is 37.0 Å². The quantitative estimate of drug-likeness (QED) is 0.166. The first-order chi connectivity index (χ1) is 20.7. The molecule has 0 spiro atoms. The summed E-state index contributed by atoms with van der Waals surface area (Å²) in [4.78, 5) is 43.5. The maximum Gasteiger partial charge on any atom is 0.338 e. The van der Waals surface area contributed by atoms with Crippen LogP contribution in [0.3, 0.4) is 0 Å². The molecule has 220 valence electrons. The van der Waals surface area contributed by atoms with Crippen molar-refractivity contribution >= 4 is 50.7 Å². The second kappa shape index (κ2) is 12.2. The van der Waals surface area contributed by atoms with Crippen LogP contribution >= 0.6 is 27.3 Å². The monoisotopic (exact) mass is 665 g/mol. The zero-order chi connectivity index (χ0) is 30.8. The highest BCUT2D eigenvalue weighted by atomic mass is 79.9. The van der Waals surface area contributed by atoms with Crippen molar-refractivity contribution in [2.45, 2.75) is 13.0 Å². The summed E-state index contributed by atoms with van der Waals surface area (Å²) in [6.07, 6.45) is 1.36. The standard InChI is InChI=1S/C30H24BrN3O8S/c1-4-42-29(37)24-25(16-8-6-5-7-9-16)32-30-33(26(24)17-10-11-21(40-2)22(13-17)41-3)28(36)23(43-30)14-18-12-19(31)15-20(27(18)35)34(38)39/h5-15,26,35H,4H2,1-3H3/b23-14-/t26-/m0/s1. The molecule has 2 heterocycles. The third kappa shape index (κ3) is 5.56. The first-order valence-electron chi connectivity index (χ1n) is 12.9. The van der Waals surface area contributed by atoms with Gasteiger partial charge in [-0.25, -0.2) is 9.79 Å². The molecule has 4 aromatic rings. The number of nitro benzene ring substituents is 1. The van der Waals surface area contributed by atoms with E-state index in [-0.39, 0.29) is 27.1 Å². The van der Waals surface area contributed by atoms with Crippen LogP contribution in [0, 0.1) is 10.1 Å². The number of hydrogen-bond donors (Lipinski definition) is 1. The van der Waals surface area contributed by atoms with Crippen molar-refractivity contribution in [1.82, 2.24) is 4.57 Å². The Labute approximate surface area is 256 Å². The SMILES string of the molecule is CCOC(=O)C1=C(c2ccccc2)N=c2s/c(=C\c3cc(Br)cc([N+](=O)[O-])c3O)c(=O)n2[C@H]1c1ccc(OC)c(OC)c1. The molecule has 0 saturated heterocycles. The van der Waals surface area contributed by atoms with Crippen molar-refractivity contribution < 1.29 is 29.0 Å². The van der Waals surface area contributed by atoms with Crippen molar-refractivity contribution in [3.8, 4) is 17.2 Å². The number of esters is 1. The largest absolute Gasteiger partial charge is 0.502 e. The number of ether oxygens (including phenoxy) is 3. The lowest BCUT2D eigenvalue weighted by molar-refractivity contribution is -0.385. The summed E-state index contributed by atoms with van der Waals surface area (Å²) < 4.78 is 18.2. The highest BCUT2D eigenvalue weighted by Crippen LogP contribution is 2.39. The van der Waals surface area contributed by atoms with Crippen LogP contribution in [0.2, 0.25) is 0 Å². The van der Waals surface area contributed by atoms with E-state index in [0.717, 1.165) is 11.3 Å². The molecule has 13 heteroatoms. The van der Waals surface area contributed by atoms with E-state index in [1.54, 1.807) is 37.3 Å². The minimum atomic E-state index is -0.988. The molecular formula is C30H24BrN3O8S. The van der Waals surface area contributed by atoms with E-state index in [1.807, 2.05) is 18.2 Å². The molecule has 0 amide bonds. The third-order valence-corrected chi connectivity index (χ3v) is 8.11. The van der Waals surface area contributed by atoms with Crippen LogP contribution in [0.5, 0.6) is 17.2 Å². The summed E-state index contributed by atoms with van der Waals surface area (Å²) >= 11 is 4.24. The van der Waals surface area contributed by atoms with Crippen LogP contribution in [0.4, 0.5) is 5.69 Å². The maximum atomic E-state index is 14.1. The number of nitro groups is 1. The van der Waals surface area contributed by atoms with Gasteiger partial charge in [0.1, 0.15) is 0 Å². The van der Waals surface area contributed by atoms with Gasteiger partial charge in [0.05, 0.1) is 47.6 Å². The molecule has 0 saturated carbocycles. The molecule has 3 aromatic carbocycles. The Bertz CT molecular complexity index is 1970. The summed E-state index contributed by atoms with van der Waals surface area (Å²) in [5.41, 5.74) is 0.633. The van der Waals surface area contributed by atoms with Gasteiger partial charge in [0.25, 0.3) is 5.56 Å². The van der Waals surface area contributed by atoms with Gasteiger partial charge in [-0.1, -0.05) is 63.7 Å². The van der Waals surface area contributed by atoms with E-state index in [2.05, 4.69) is 15.9 Å². The number of phenols is 1. The predicted molar refractivity (Wildman–Crippen MR) is 163 cm³/mol. The second-order valence-electron chi connectivity index (χ2n) is 9.17. The number of phenolic OH excluding ortho intramolecular Hbond substituents is 1. The number of aromatic nitrogens is 1. The fourth-order valence-corrected chi connectivity index (χ4v) is 6.23. The average molecular weight is 667 g/mol. The van der Waals surface area contributed by atoms with Gasteiger partial charge in [-0.3, -0.25) is 19.5 Å². The van der Waals surface area contributed by atoms with Gasteiger partial charge in [-0.15, -0.1) is 0 Å². The number of nitrogens with zero attached hydrogens (tertiary/aromatic N) is 3. The fourth-order valence-electron chi connectivity index (χ4n) is 4.77. The number of carbonyl (C=O) groups excluding carboxylic acids is 1.